The van der Waals surface area contributed by atoms with Crippen molar-refractivity contribution in [3.05, 3.63) is 102 Å². The van der Waals surface area contributed by atoms with Gasteiger partial charge in [0.15, 0.2) is 0 Å². The minimum Gasteiger partial charge on any atom is -0.406 e. The molecule has 0 bridgehead atoms. The van der Waals surface area contributed by atoms with Gasteiger partial charge in [0.05, 0.1) is 0 Å². The molecule has 0 N–H and O–H groups in total. The van der Waals surface area contributed by atoms with Crippen LogP contribution in [0.15, 0.2) is 79.5 Å². The molecule has 0 amide bonds. The third kappa shape index (κ3) is 5.16. The number of nitrogens with zero attached hydrogens (tertiary/aromatic N) is 1. The Balaban J connectivity index is 1.71. The van der Waals surface area contributed by atoms with Crippen LogP contribution in [-0.4, -0.2) is 10.9 Å². The van der Waals surface area contributed by atoms with E-state index >= 15 is 0 Å². The Bertz CT molecular complexity index is 982. The van der Waals surface area contributed by atoms with Crippen LogP contribution in [0.3, 0.4) is 0 Å². The summed E-state index contributed by atoms with van der Waals surface area (Å²) in [4.78, 5) is 0. The summed E-state index contributed by atoms with van der Waals surface area (Å²) in [7, 11) is 0. The quantitative estimate of drug-likeness (QED) is 0.476. The standard InChI is InChI=1S/C23H20F3NO/c1-17-6-3-7-19(16-17)8-4-14-27-15-5-9-22(27)18(2)20-10-12-21(13-11-20)28-23(24,25)26/h3-13,15-16H,2,14H2,1H3/b8-4+. The lowest BCUT2D eigenvalue weighted by Gasteiger charge is -2.12. The van der Waals surface area contributed by atoms with Crippen molar-refractivity contribution < 1.29 is 17.9 Å². The number of aryl methyl sites for hydroxylation is 1. The summed E-state index contributed by atoms with van der Waals surface area (Å²) in [5.41, 5.74) is 4.70. The van der Waals surface area contributed by atoms with Gasteiger partial charge in [-0.15, -0.1) is 13.2 Å². The molecular weight excluding hydrogens is 363 g/mol. The molecule has 3 aromatic rings. The highest BCUT2D eigenvalue weighted by molar-refractivity contribution is 5.76. The summed E-state index contributed by atoms with van der Waals surface area (Å²) in [6.07, 6.45) is 1.37. The third-order valence-electron chi connectivity index (χ3n) is 4.23. The van der Waals surface area contributed by atoms with E-state index < -0.39 is 6.36 Å². The van der Waals surface area contributed by atoms with Crippen LogP contribution >= 0.6 is 0 Å². The minimum atomic E-state index is -4.70. The van der Waals surface area contributed by atoms with E-state index in [2.05, 4.69) is 42.5 Å². The summed E-state index contributed by atoms with van der Waals surface area (Å²) in [6.45, 7) is 6.81. The number of benzene rings is 2. The first-order chi connectivity index (χ1) is 13.3. The molecule has 0 aliphatic carbocycles. The molecule has 0 fully saturated rings. The average Bonchev–Trinajstić information content (AvgIpc) is 3.09. The van der Waals surface area contributed by atoms with E-state index in [0.717, 1.165) is 22.4 Å². The number of alkyl halides is 3. The minimum absolute atomic E-state index is 0.250. The molecule has 0 saturated heterocycles. The van der Waals surface area contributed by atoms with Gasteiger partial charge in [-0.05, 0) is 47.9 Å². The zero-order valence-corrected chi connectivity index (χ0v) is 15.4. The summed E-state index contributed by atoms with van der Waals surface area (Å²) < 4.78 is 42.8. The molecular formula is C23H20F3NO. The second-order valence-electron chi connectivity index (χ2n) is 6.41. The summed E-state index contributed by atoms with van der Waals surface area (Å²) in [5, 5.41) is 0. The van der Waals surface area contributed by atoms with E-state index in [9.17, 15) is 13.2 Å². The zero-order chi connectivity index (χ0) is 20.1. The van der Waals surface area contributed by atoms with Gasteiger partial charge in [-0.3, -0.25) is 0 Å². The van der Waals surface area contributed by atoms with E-state index in [-0.39, 0.29) is 5.75 Å². The number of aromatic nitrogens is 1. The SMILES string of the molecule is C=C(c1ccc(OC(F)(F)F)cc1)c1cccn1C/C=C/c1cccc(C)c1. The van der Waals surface area contributed by atoms with Crippen LogP contribution in [0.1, 0.15) is 22.4 Å². The normalized spacial score (nSPS) is 11.7. The lowest BCUT2D eigenvalue weighted by Crippen LogP contribution is -2.17. The molecule has 0 aliphatic heterocycles. The molecule has 0 spiro atoms. The molecule has 2 aromatic carbocycles. The molecule has 2 nitrogen and oxygen atoms in total. The Kier molecular flexibility index (Phi) is 5.73. The van der Waals surface area contributed by atoms with Gasteiger partial charge >= 0.3 is 6.36 Å². The van der Waals surface area contributed by atoms with Crippen molar-refractivity contribution >= 4 is 11.6 Å². The van der Waals surface area contributed by atoms with Crippen molar-refractivity contribution in [1.29, 1.82) is 0 Å². The first-order valence-corrected chi connectivity index (χ1v) is 8.76. The fraction of sp³-hybridized carbons (Fsp3) is 0.130. The summed E-state index contributed by atoms with van der Waals surface area (Å²) in [6, 6.07) is 17.8. The molecule has 0 aliphatic rings. The van der Waals surface area contributed by atoms with E-state index in [0.29, 0.717) is 6.54 Å². The van der Waals surface area contributed by atoms with Crippen LogP contribution in [0.5, 0.6) is 5.75 Å². The Labute approximate surface area is 162 Å². The van der Waals surface area contributed by atoms with Gasteiger partial charge in [-0.1, -0.05) is 60.7 Å². The van der Waals surface area contributed by atoms with Crippen LogP contribution in [0.25, 0.3) is 11.6 Å². The molecule has 5 heteroatoms. The maximum absolute atomic E-state index is 12.3. The van der Waals surface area contributed by atoms with Crippen molar-refractivity contribution in [2.45, 2.75) is 19.8 Å². The monoisotopic (exact) mass is 383 g/mol. The van der Waals surface area contributed by atoms with Crippen molar-refractivity contribution in [3.63, 3.8) is 0 Å². The Hall–Kier alpha value is -3.21. The third-order valence-corrected chi connectivity index (χ3v) is 4.23. The highest BCUT2D eigenvalue weighted by Gasteiger charge is 2.31. The number of hydrogen-bond acceptors (Lipinski definition) is 1. The van der Waals surface area contributed by atoms with Crippen LogP contribution in [0.2, 0.25) is 0 Å². The fourth-order valence-corrected chi connectivity index (χ4v) is 2.93. The maximum atomic E-state index is 12.3. The van der Waals surface area contributed by atoms with Gasteiger partial charge in [0.2, 0.25) is 0 Å². The van der Waals surface area contributed by atoms with Gasteiger partial charge in [0.1, 0.15) is 5.75 Å². The topological polar surface area (TPSA) is 14.2 Å². The molecule has 0 atom stereocenters. The first kappa shape index (κ1) is 19.5. The molecule has 144 valence electrons. The van der Waals surface area contributed by atoms with Gasteiger partial charge in [0, 0.05) is 18.4 Å². The number of ether oxygens (including phenoxy) is 1. The van der Waals surface area contributed by atoms with Gasteiger partial charge in [0.25, 0.3) is 0 Å². The zero-order valence-electron chi connectivity index (χ0n) is 15.4. The van der Waals surface area contributed by atoms with Crippen LogP contribution < -0.4 is 4.74 Å². The lowest BCUT2D eigenvalue weighted by molar-refractivity contribution is -0.274. The number of hydrogen-bond donors (Lipinski definition) is 0. The second-order valence-corrected chi connectivity index (χ2v) is 6.41. The summed E-state index contributed by atoms with van der Waals surface area (Å²) >= 11 is 0. The van der Waals surface area contributed by atoms with Crippen molar-refractivity contribution in [1.82, 2.24) is 4.57 Å². The van der Waals surface area contributed by atoms with Crippen LogP contribution in [0, 0.1) is 6.92 Å². The second kappa shape index (κ2) is 8.21. The number of rotatable bonds is 6. The summed E-state index contributed by atoms with van der Waals surface area (Å²) in [5.74, 6) is -0.250. The van der Waals surface area contributed by atoms with E-state index in [4.69, 9.17) is 0 Å². The molecule has 1 heterocycles. The van der Waals surface area contributed by atoms with Crippen LogP contribution in [0.4, 0.5) is 13.2 Å². The van der Waals surface area contributed by atoms with E-state index in [1.165, 1.54) is 17.7 Å². The highest BCUT2D eigenvalue weighted by Crippen LogP contribution is 2.27. The maximum Gasteiger partial charge on any atom is 0.573 e. The van der Waals surface area contributed by atoms with E-state index in [1.54, 1.807) is 12.1 Å². The molecule has 28 heavy (non-hydrogen) atoms. The average molecular weight is 383 g/mol. The van der Waals surface area contributed by atoms with Gasteiger partial charge in [-0.25, -0.2) is 0 Å². The molecule has 0 unspecified atom stereocenters. The van der Waals surface area contributed by atoms with Crippen molar-refractivity contribution in [2.75, 3.05) is 0 Å². The van der Waals surface area contributed by atoms with Crippen molar-refractivity contribution in [2.24, 2.45) is 0 Å². The van der Waals surface area contributed by atoms with Crippen LogP contribution in [-0.2, 0) is 6.54 Å². The molecule has 3 rings (SSSR count). The highest BCUT2D eigenvalue weighted by atomic mass is 19.4. The van der Waals surface area contributed by atoms with Gasteiger partial charge < -0.3 is 9.30 Å². The number of allylic oxidation sites excluding steroid dienone is 1. The first-order valence-electron chi connectivity index (χ1n) is 8.76. The Morgan fingerprint density at radius 2 is 1.82 bits per heavy atom. The van der Waals surface area contributed by atoms with E-state index in [1.807, 2.05) is 35.0 Å². The molecule has 0 saturated carbocycles. The van der Waals surface area contributed by atoms with Gasteiger partial charge in [-0.2, -0.15) is 0 Å². The Morgan fingerprint density at radius 3 is 2.50 bits per heavy atom. The Morgan fingerprint density at radius 1 is 1.07 bits per heavy atom. The largest absolute Gasteiger partial charge is 0.573 e. The predicted octanol–water partition coefficient (Wildman–Crippen LogP) is 6.47. The smallest absolute Gasteiger partial charge is 0.406 e. The number of halogens is 3. The fourth-order valence-electron chi connectivity index (χ4n) is 2.93. The predicted molar refractivity (Wildman–Crippen MR) is 106 cm³/mol. The molecule has 0 radical (unpaired) electrons. The van der Waals surface area contributed by atoms with Crippen molar-refractivity contribution in [3.8, 4) is 5.75 Å². The molecule has 1 aromatic heterocycles. The lowest BCUT2D eigenvalue weighted by atomic mass is 10.0.